The third kappa shape index (κ3) is 4.35. The van der Waals surface area contributed by atoms with Crippen LogP contribution in [0.15, 0.2) is 30.3 Å². The standard InChI is InChI=1S/C20H29N5O2/c26-19(24-10-11-25-18(15-24)13-22-20(25)27)21-12-17-7-9-23(14-17)8-6-16-4-2-1-3-5-16/h1-5,17-18H,6-15H2,(H,21,26)(H,22,27). The molecule has 7 nitrogen and oxygen atoms in total. The molecule has 1 aromatic rings. The van der Waals surface area contributed by atoms with Gasteiger partial charge >= 0.3 is 12.1 Å². The summed E-state index contributed by atoms with van der Waals surface area (Å²) in [6, 6.07) is 10.7. The molecule has 0 bridgehead atoms. The summed E-state index contributed by atoms with van der Waals surface area (Å²) in [6.45, 7) is 6.50. The molecule has 3 heterocycles. The molecule has 3 saturated heterocycles. The van der Waals surface area contributed by atoms with Crippen molar-refractivity contribution in [2.24, 2.45) is 5.92 Å². The minimum Gasteiger partial charge on any atom is -0.338 e. The smallest absolute Gasteiger partial charge is 0.317 e. The highest BCUT2D eigenvalue weighted by molar-refractivity contribution is 5.78. The van der Waals surface area contributed by atoms with Crippen LogP contribution in [0.1, 0.15) is 12.0 Å². The van der Waals surface area contributed by atoms with E-state index in [1.165, 1.54) is 5.56 Å². The Balaban J connectivity index is 1.16. The van der Waals surface area contributed by atoms with Gasteiger partial charge in [-0.25, -0.2) is 9.59 Å². The summed E-state index contributed by atoms with van der Waals surface area (Å²) in [4.78, 5) is 30.3. The molecule has 4 rings (SSSR count). The highest BCUT2D eigenvalue weighted by atomic mass is 16.2. The first kappa shape index (κ1) is 18.1. The number of rotatable bonds is 5. The van der Waals surface area contributed by atoms with Gasteiger partial charge in [0, 0.05) is 45.8 Å². The van der Waals surface area contributed by atoms with E-state index in [1.54, 1.807) is 0 Å². The number of carbonyl (C=O) groups is 2. The van der Waals surface area contributed by atoms with Gasteiger partial charge in [0.2, 0.25) is 0 Å². The molecule has 1 aromatic carbocycles. The molecule has 0 radical (unpaired) electrons. The Kier molecular flexibility index (Phi) is 5.48. The SMILES string of the molecule is O=C(NCC1CCN(CCc2ccccc2)C1)N1CCN2C(=O)NCC2C1. The molecule has 3 aliphatic rings. The van der Waals surface area contributed by atoms with E-state index in [-0.39, 0.29) is 18.1 Å². The third-order valence-corrected chi connectivity index (χ3v) is 5.99. The second kappa shape index (κ2) is 8.17. The van der Waals surface area contributed by atoms with Gasteiger partial charge in [-0.2, -0.15) is 0 Å². The zero-order valence-corrected chi connectivity index (χ0v) is 15.8. The zero-order chi connectivity index (χ0) is 18.6. The first-order valence-electron chi connectivity index (χ1n) is 10.0. The molecule has 146 valence electrons. The van der Waals surface area contributed by atoms with Crippen LogP contribution in [0, 0.1) is 5.92 Å². The van der Waals surface area contributed by atoms with E-state index in [0.29, 0.717) is 32.1 Å². The predicted octanol–water partition coefficient (Wildman–Crippen LogP) is 0.970. The average Bonchev–Trinajstić information content (AvgIpc) is 3.32. The van der Waals surface area contributed by atoms with Crippen LogP contribution in [0.3, 0.4) is 0 Å². The molecule has 4 amide bonds. The molecule has 3 fully saturated rings. The van der Waals surface area contributed by atoms with Crippen molar-refractivity contribution in [3.05, 3.63) is 35.9 Å². The van der Waals surface area contributed by atoms with Gasteiger partial charge in [0.05, 0.1) is 6.04 Å². The maximum atomic E-state index is 12.5. The zero-order valence-electron chi connectivity index (χ0n) is 15.8. The van der Waals surface area contributed by atoms with Crippen LogP contribution in [0.25, 0.3) is 0 Å². The van der Waals surface area contributed by atoms with Gasteiger partial charge < -0.3 is 25.3 Å². The Morgan fingerprint density at radius 1 is 1.15 bits per heavy atom. The van der Waals surface area contributed by atoms with Crippen molar-refractivity contribution in [2.45, 2.75) is 18.9 Å². The van der Waals surface area contributed by atoms with Gasteiger partial charge in [0.15, 0.2) is 0 Å². The number of nitrogens with zero attached hydrogens (tertiary/aromatic N) is 3. The topological polar surface area (TPSA) is 67.9 Å². The molecule has 0 spiro atoms. The first-order valence-corrected chi connectivity index (χ1v) is 10.0. The minimum absolute atomic E-state index is 0.00149. The molecule has 2 unspecified atom stereocenters. The minimum atomic E-state index is 0.00149. The Bertz CT molecular complexity index is 668. The van der Waals surface area contributed by atoms with E-state index in [0.717, 1.165) is 39.0 Å². The van der Waals surface area contributed by atoms with Crippen molar-refractivity contribution in [3.63, 3.8) is 0 Å². The Labute approximate surface area is 160 Å². The first-order chi connectivity index (χ1) is 13.2. The highest BCUT2D eigenvalue weighted by Crippen LogP contribution is 2.17. The summed E-state index contributed by atoms with van der Waals surface area (Å²) in [5.41, 5.74) is 1.38. The molecule has 0 aliphatic carbocycles. The lowest BCUT2D eigenvalue weighted by Crippen LogP contribution is -2.56. The summed E-state index contributed by atoms with van der Waals surface area (Å²) in [5.74, 6) is 0.528. The maximum Gasteiger partial charge on any atom is 0.317 e. The van der Waals surface area contributed by atoms with E-state index >= 15 is 0 Å². The summed E-state index contributed by atoms with van der Waals surface area (Å²) in [6.07, 6.45) is 2.22. The molecule has 2 atom stereocenters. The van der Waals surface area contributed by atoms with Crippen LogP contribution in [0.5, 0.6) is 0 Å². The summed E-state index contributed by atoms with van der Waals surface area (Å²) in [7, 11) is 0. The Morgan fingerprint density at radius 3 is 2.85 bits per heavy atom. The van der Waals surface area contributed by atoms with Crippen molar-refractivity contribution in [2.75, 3.05) is 52.4 Å². The van der Waals surface area contributed by atoms with Crippen molar-refractivity contribution >= 4 is 12.1 Å². The van der Waals surface area contributed by atoms with E-state index in [9.17, 15) is 9.59 Å². The number of amides is 4. The summed E-state index contributed by atoms with van der Waals surface area (Å²) < 4.78 is 0. The molecular weight excluding hydrogens is 342 g/mol. The van der Waals surface area contributed by atoms with Gasteiger partial charge in [-0.3, -0.25) is 0 Å². The largest absolute Gasteiger partial charge is 0.338 e. The molecule has 7 heteroatoms. The van der Waals surface area contributed by atoms with Crippen molar-refractivity contribution in [1.29, 1.82) is 0 Å². The van der Waals surface area contributed by atoms with E-state index in [1.807, 2.05) is 9.80 Å². The van der Waals surface area contributed by atoms with Gasteiger partial charge in [0.25, 0.3) is 0 Å². The number of hydrogen-bond donors (Lipinski definition) is 2. The number of benzene rings is 1. The summed E-state index contributed by atoms with van der Waals surface area (Å²) >= 11 is 0. The van der Waals surface area contributed by atoms with Gasteiger partial charge in [-0.05, 0) is 30.9 Å². The normalized spacial score (nSPS) is 25.4. The van der Waals surface area contributed by atoms with Crippen LogP contribution in [-0.2, 0) is 6.42 Å². The van der Waals surface area contributed by atoms with Crippen LogP contribution < -0.4 is 10.6 Å². The predicted molar refractivity (Wildman–Crippen MR) is 104 cm³/mol. The van der Waals surface area contributed by atoms with Gasteiger partial charge in [-0.15, -0.1) is 0 Å². The molecule has 27 heavy (non-hydrogen) atoms. The monoisotopic (exact) mass is 371 g/mol. The molecule has 0 aromatic heterocycles. The fourth-order valence-corrected chi connectivity index (χ4v) is 4.35. The van der Waals surface area contributed by atoms with Crippen molar-refractivity contribution in [3.8, 4) is 0 Å². The van der Waals surface area contributed by atoms with Crippen LogP contribution in [0.4, 0.5) is 9.59 Å². The van der Waals surface area contributed by atoms with E-state index < -0.39 is 0 Å². The maximum absolute atomic E-state index is 12.5. The quantitative estimate of drug-likeness (QED) is 0.811. The number of urea groups is 2. The molecule has 3 aliphatic heterocycles. The second-order valence-electron chi connectivity index (χ2n) is 7.86. The number of likely N-dealkylation sites (tertiary alicyclic amines) is 1. The lowest BCUT2D eigenvalue weighted by Gasteiger charge is -2.36. The van der Waals surface area contributed by atoms with Crippen molar-refractivity contribution < 1.29 is 9.59 Å². The molecule has 2 N–H and O–H groups in total. The van der Waals surface area contributed by atoms with Gasteiger partial charge in [0.1, 0.15) is 0 Å². The van der Waals surface area contributed by atoms with Gasteiger partial charge in [-0.1, -0.05) is 30.3 Å². The van der Waals surface area contributed by atoms with E-state index in [4.69, 9.17) is 0 Å². The highest BCUT2D eigenvalue weighted by Gasteiger charge is 2.37. The Hall–Kier alpha value is -2.28. The third-order valence-electron chi connectivity index (χ3n) is 5.99. The average molecular weight is 371 g/mol. The number of hydrogen-bond acceptors (Lipinski definition) is 3. The van der Waals surface area contributed by atoms with Crippen LogP contribution >= 0.6 is 0 Å². The second-order valence-corrected chi connectivity index (χ2v) is 7.86. The Morgan fingerprint density at radius 2 is 2.00 bits per heavy atom. The van der Waals surface area contributed by atoms with Crippen molar-refractivity contribution in [1.82, 2.24) is 25.3 Å². The number of piperazine rings is 1. The molecule has 0 saturated carbocycles. The fourth-order valence-electron chi connectivity index (χ4n) is 4.35. The fraction of sp³-hybridized carbons (Fsp3) is 0.600. The number of carbonyl (C=O) groups excluding carboxylic acids is 2. The van der Waals surface area contributed by atoms with Crippen LogP contribution in [-0.4, -0.2) is 85.2 Å². The lowest BCUT2D eigenvalue weighted by molar-refractivity contribution is 0.129. The number of nitrogens with one attached hydrogen (secondary N) is 2. The number of fused-ring (bicyclic) bond motifs is 1. The van der Waals surface area contributed by atoms with E-state index in [2.05, 4.69) is 45.9 Å². The lowest BCUT2D eigenvalue weighted by atomic mass is 10.1. The molecular formula is C20H29N5O2. The summed E-state index contributed by atoms with van der Waals surface area (Å²) in [5, 5.41) is 5.97. The van der Waals surface area contributed by atoms with Crippen LogP contribution in [0.2, 0.25) is 0 Å².